The molecule has 1 heterocycles. The zero-order valence-corrected chi connectivity index (χ0v) is 9.87. The smallest absolute Gasteiger partial charge is 0.227 e. The number of benzene rings is 1. The highest BCUT2D eigenvalue weighted by molar-refractivity contribution is 5.83. The van der Waals surface area contributed by atoms with Crippen molar-refractivity contribution in [3.63, 3.8) is 0 Å². The molecule has 1 aliphatic rings. The van der Waals surface area contributed by atoms with Crippen molar-refractivity contribution in [3.8, 4) is 0 Å². The molecule has 92 valence electrons. The lowest BCUT2D eigenvalue weighted by Gasteiger charge is -2.16. The second kappa shape index (κ2) is 5.27. The summed E-state index contributed by atoms with van der Waals surface area (Å²) in [6.07, 6.45) is 0.960. The molecule has 17 heavy (non-hydrogen) atoms. The van der Waals surface area contributed by atoms with Gasteiger partial charge in [0.1, 0.15) is 5.82 Å². The average Bonchev–Trinajstić information content (AvgIpc) is 2.80. The van der Waals surface area contributed by atoms with Gasteiger partial charge in [0.25, 0.3) is 0 Å². The van der Waals surface area contributed by atoms with Gasteiger partial charge in [0, 0.05) is 12.6 Å². The molecule has 0 saturated carbocycles. The van der Waals surface area contributed by atoms with Crippen LogP contribution in [0.4, 0.5) is 4.39 Å². The maximum atomic E-state index is 13.1. The maximum absolute atomic E-state index is 13.1. The third-order valence-electron chi connectivity index (χ3n) is 3.15. The molecule has 1 aromatic carbocycles. The number of halogens is 1. The minimum Gasteiger partial charge on any atom is -0.352 e. The topological polar surface area (TPSA) is 41.1 Å². The first-order chi connectivity index (χ1) is 8.16. The number of nitrogens with one attached hydrogen (secondary N) is 2. The molecule has 2 atom stereocenters. The fourth-order valence-corrected chi connectivity index (χ4v) is 2.03. The Morgan fingerprint density at radius 1 is 1.59 bits per heavy atom. The van der Waals surface area contributed by atoms with E-state index in [0.29, 0.717) is 5.56 Å². The molecule has 1 amide bonds. The summed E-state index contributed by atoms with van der Waals surface area (Å²) in [5, 5.41) is 6.16. The van der Waals surface area contributed by atoms with Gasteiger partial charge >= 0.3 is 0 Å². The zero-order chi connectivity index (χ0) is 12.3. The molecular formula is C13H17FN2O. The van der Waals surface area contributed by atoms with Gasteiger partial charge in [-0.15, -0.1) is 0 Å². The molecule has 1 aliphatic heterocycles. The highest BCUT2D eigenvalue weighted by Gasteiger charge is 2.21. The Morgan fingerprint density at radius 3 is 3.06 bits per heavy atom. The normalized spacial score (nSPS) is 21.2. The Morgan fingerprint density at radius 2 is 2.41 bits per heavy atom. The van der Waals surface area contributed by atoms with E-state index in [-0.39, 0.29) is 23.7 Å². The van der Waals surface area contributed by atoms with Crippen molar-refractivity contribution < 1.29 is 9.18 Å². The van der Waals surface area contributed by atoms with Crippen LogP contribution in [0.2, 0.25) is 0 Å². The molecule has 3 nitrogen and oxygen atoms in total. The van der Waals surface area contributed by atoms with Crippen LogP contribution in [0.3, 0.4) is 0 Å². The van der Waals surface area contributed by atoms with Gasteiger partial charge in [0.15, 0.2) is 0 Å². The highest BCUT2D eigenvalue weighted by atomic mass is 19.1. The number of carbonyl (C=O) groups is 1. The van der Waals surface area contributed by atoms with Crippen LogP contribution in [-0.4, -0.2) is 25.0 Å². The maximum Gasteiger partial charge on any atom is 0.227 e. The fraction of sp³-hybridized carbons (Fsp3) is 0.462. The summed E-state index contributed by atoms with van der Waals surface area (Å²) in [5.41, 5.74) is 0.716. The van der Waals surface area contributed by atoms with E-state index in [1.54, 1.807) is 19.1 Å². The summed E-state index contributed by atoms with van der Waals surface area (Å²) < 4.78 is 13.1. The van der Waals surface area contributed by atoms with E-state index in [2.05, 4.69) is 10.6 Å². The van der Waals surface area contributed by atoms with E-state index in [4.69, 9.17) is 0 Å². The molecule has 2 rings (SSSR count). The van der Waals surface area contributed by atoms with Crippen LogP contribution in [0.15, 0.2) is 24.3 Å². The van der Waals surface area contributed by atoms with E-state index in [1.807, 2.05) is 0 Å². The molecule has 0 spiro atoms. The summed E-state index contributed by atoms with van der Waals surface area (Å²) in [4.78, 5) is 11.9. The third kappa shape index (κ3) is 3.03. The lowest BCUT2D eigenvalue weighted by Crippen LogP contribution is -2.38. The Bertz CT molecular complexity index is 402. The molecule has 4 heteroatoms. The number of hydrogen-bond donors (Lipinski definition) is 2. The quantitative estimate of drug-likeness (QED) is 0.833. The van der Waals surface area contributed by atoms with E-state index in [9.17, 15) is 9.18 Å². The van der Waals surface area contributed by atoms with E-state index in [0.717, 1.165) is 19.5 Å². The second-order valence-corrected chi connectivity index (χ2v) is 4.48. The zero-order valence-electron chi connectivity index (χ0n) is 9.87. The monoisotopic (exact) mass is 236 g/mol. The Kier molecular flexibility index (Phi) is 3.74. The summed E-state index contributed by atoms with van der Waals surface area (Å²) in [7, 11) is 0. The molecule has 1 fully saturated rings. The van der Waals surface area contributed by atoms with E-state index >= 15 is 0 Å². The lowest BCUT2D eigenvalue weighted by molar-refractivity contribution is -0.122. The molecule has 2 unspecified atom stereocenters. The Hall–Kier alpha value is -1.42. The standard InChI is InChI=1S/C13H17FN2O/c1-9(10-3-2-4-11(14)7-10)13(17)16-12-5-6-15-8-12/h2-4,7,9,12,15H,5-6,8H2,1H3,(H,16,17). The van der Waals surface area contributed by atoms with E-state index in [1.165, 1.54) is 12.1 Å². The predicted molar refractivity (Wildman–Crippen MR) is 64.2 cm³/mol. The van der Waals surface area contributed by atoms with Gasteiger partial charge < -0.3 is 10.6 Å². The van der Waals surface area contributed by atoms with Crippen molar-refractivity contribution in [2.24, 2.45) is 0 Å². The summed E-state index contributed by atoms with van der Waals surface area (Å²) in [6.45, 7) is 3.56. The summed E-state index contributed by atoms with van der Waals surface area (Å²) >= 11 is 0. The molecule has 0 radical (unpaired) electrons. The van der Waals surface area contributed by atoms with Crippen molar-refractivity contribution in [2.75, 3.05) is 13.1 Å². The van der Waals surface area contributed by atoms with Crippen LogP contribution >= 0.6 is 0 Å². The largest absolute Gasteiger partial charge is 0.352 e. The first kappa shape index (κ1) is 12.0. The number of amides is 1. The molecular weight excluding hydrogens is 219 g/mol. The lowest BCUT2D eigenvalue weighted by atomic mass is 10.00. The molecule has 0 bridgehead atoms. The van der Waals surface area contributed by atoms with Crippen LogP contribution in [0.1, 0.15) is 24.8 Å². The van der Waals surface area contributed by atoms with Crippen molar-refractivity contribution in [3.05, 3.63) is 35.6 Å². The van der Waals surface area contributed by atoms with Gasteiger partial charge in [-0.25, -0.2) is 4.39 Å². The number of hydrogen-bond acceptors (Lipinski definition) is 2. The van der Waals surface area contributed by atoms with Crippen molar-refractivity contribution in [1.29, 1.82) is 0 Å². The minimum atomic E-state index is -0.314. The van der Waals surface area contributed by atoms with Crippen LogP contribution in [0, 0.1) is 5.82 Å². The first-order valence-corrected chi connectivity index (χ1v) is 5.93. The van der Waals surface area contributed by atoms with Crippen LogP contribution in [0.25, 0.3) is 0 Å². The summed E-state index contributed by atoms with van der Waals surface area (Å²) in [6, 6.07) is 6.41. The van der Waals surface area contributed by atoms with Crippen LogP contribution in [-0.2, 0) is 4.79 Å². The van der Waals surface area contributed by atoms with Gasteiger partial charge in [-0.2, -0.15) is 0 Å². The predicted octanol–water partition coefficient (Wildman–Crippen LogP) is 1.41. The SMILES string of the molecule is CC(C(=O)NC1CCNC1)c1cccc(F)c1. The van der Waals surface area contributed by atoms with Gasteiger partial charge in [-0.05, 0) is 37.6 Å². The fourth-order valence-electron chi connectivity index (χ4n) is 2.03. The Labute approximate surface area is 100 Å². The Balaban J connectivity index is 1.98. The minimum absolute atomic E-state index is 0.0377. The van der Waals surface area contributed by atoms with Gasteiger partial charge in [-0.3, -0.25) is 4.79 Å². The number of carbonyl (C=O) groups excluding carboxylic acids is 1. The highest BCUT2D eigenvalue weighted by Crippen LogP contribution is 2.16. The molecule has 0 aromatic heterocycles. The second-order valence-electron chi connectivity index (χ2n) is 4.48. The van der Waals surface area contributed by atoms with Crippen LogP contribution in [0.5, 0.6) is 0 Å². The van der Waals surface area contributed by atoms with Crippen molar-refractivity contribution in [2.45, 2.75) is 25.3 Å². The molecule has 0 aliphatic carbocycles. The van der Waals surface area contributed by atoms with Gasteiger partial charge in [0.05, 0.1) is 5.92 Å². The average molecular weight is 236 g/mol. The van der Waals surface area contributed by atoms with Crippen molar-refractivity contribution >= 4 is 5.91 Å². The van der Waals surface area contributed by atoms with Crippen molar-refractivity contribution in [1.82, 2.24) is 10.6 Å². The van der Waals surface area contributed by atoms with Gasteiger partial charge in [0.2, 0.25) is 5.91 Å². The number of rotatable bonds is 3. The third-order valence-corrected chi connectivity index (χ3v) is 3.15. The summed E-state index contributed by atoms with van der Waals surface area (Å²) in [5.74, 6) is -0.653. The van der Waals surface area contributed by atoms with Gasteiger partial charge in [-0.1, -0.05) is 12.1 Å². The molecule has 1 aromatic rings. The molecule has 2 N–H and O–H groups in total. The van der Waals surface area contributed by atoms with Crippen LogP contribution < -0.4 is 10.6 Å². The molecule has 1 saturated heterocycles. The van der Waals surface area contributed by atoms with E-state index < -0.39 is 0 Å². The first-order valence-electron chi connectivity index (χ1n) is 5.93.